The maximum atomic E-state index is 12.6. The highest BCUT2D eigenvalue weighted by Gasteiger charge is 2.30. The van der Waals surface area contributed by atoms with Crippen molar-refractivity contribution in [1.29, 1.82) is 0 Å². The Bertz CT molecular complexity index is 1070. The zero-order chi connectivity index (χ0) is 22.2. The van der Waals surface area contributed by atoms with Gasteiger partial charge in [0.05, 0.1) is 12.1 Å². The predicted octanol–water partition coefficient (Wildman–Crippen LogP) is 5.75. The fourth-order valence-electron chi connectivity index (χ4n) is 4.44. The van der Waals surface area contributed by atoms with Crippen LogP contribution in [0.2, 0.25) is 0 Å². The van der Waals surface area contributed by atoms with Gasteiger partial charge in [-0.3, -0.25) is 0 Å². The number of piperidine rings is 1. The second-order valence-electron chi connectivity index (χ2n) is 8.46. The Morgan fingerprint density at radius 2 is 1.87 bits per heavy atom. The number of aromatic nitrogens is 2. The minimum atomic E-state index is -4.13. The average Bonchev–Trinajstić information content (AvgIpc) is 2.71. The molecule has 0 bridgehead atoms. The van der Waals surface area contributed by atoms with Crippen LogP contribution in [0.5, 0.6) is 5.75 Å². The first-order valence-electron chi connectivity index (χ1n) is 10.6. The summed E-state index contributed by atoms with van der Waals surface area (Å²) in [6.07, 6.45) is -3.16. The van der Waals surface area contributed by atoms with E-state index in [-0.39, 0.29) is 18.2 Å². The summed E-state index contributed by atoms with van der Waals surface area (Å²) in [5.74, 6) is 0.277. The highest BCUT2D eigenvalue weighted by Crippen LogP contribution is 2.34. The molecule has 0 amide bonds. The molecule has 164 valence electrons. The van der Waals surface area contributed by atoms with Crippen LogP contribution in [0, 0.1) is 13.8 Å². The maximum Gasteiger partial charge on any atom is 0.390 e. The summed E-state index contributed by atoms with van der Waals surface area (Å²) in [4.78, 5) is 11.4. The van der Waals surface area contributed by atoms with Crippen LogP contribution in [-0.4, -0.2) is 45.8 Å². The van der Waals surface area contributed by atoms with E-state index in [2.05, 4.69) is 0 Å². The molecule has 0 spiro atoms. The Balaban J connectivity index is 1.60. The summed E-state index contributed by atoms with van der Waals surface area (Å²) in [5.41, 5.74) is 4.71. The van der Waals surface area contributed by atoms with Crippen molar-refractivity contribution in [2.24, 2.45) is 0 Å². The summed E-state index contributed by atoms with van der Waals surface area (Å²) in [5, 5.41) is 11.3. The number of aromatic hydroxyl groups is 1. The molecule has 0 aliphatic carbocycles. The van der Waals surface area contributed by atoms with Gasteiger partial charge < -0.3 is 10.0 Å². The van der Waals surface area contributed by atoms with E-state index in [4.69, 9.17) is 9.97 Å². The molecular weight excluding hydrogens is 403 g/mol. The van der Waals surface area contributed by atoms with Gasteiger partial charge in [-0.1, -0.05) is 6.07 Å². The first-order chi connectivity index (χ1) is 14.7. The van der Waals surface area contributed by atoms with Crippen molar-refractivity contribution in [3.05, 3.63) is 53.2 Å². The lowest BCUT2D eigenvalue weighted by atomic mass is 9.94. The van der Waals surface area contributed by atoms with Crippen molar-refractivity contribution in [3.63, 3.8) is 0 Å². The molecule has 2 aromatic heterocycles. The summed E-state index contributed by atoms with van der Waals surface area (Å²) >= 11 is 0. The second-order valence-corrected chi connectivity index (χ2v) is 8.46. The van der Waals surface area contributed by atoms with Gasteiger partial charge >= 0.3 is 6.18 Å². The van der Waals surface area contributed by atoms with E-state index in [1.54, 1.807) is 6.07 Å². The van der Waals surface area contributed by atoms with Crippen molar-refractivity contribution >= 4 is 11.0 Å². The van der Waals surface area contributed by atoms with E-state index in [9.17, 15) is 18.3 Å². The molecule has 4 rings (SSSR count). The second kappa shape index (κ2) is 8.46. The van der Waals surface area contributed by atoms with Crippen LogP contribution in [0.15, 0.2) is 36.4 Å². The van der Waals surface area contributed by atoms with Gasteiger partial charge in [0, 0.05) is 35.7 Å². The van der Waals surface area contributed by atoms with Gasteiger partial charge in [0.25, 0.3) is 0 Å². The van der Waals surface area contributed by atoms with E-state index in [1.807, 2.05) is 49.1 Å². The topological polar surface area (TPSA) is 49.2 Å². The highest BCUT2D eigenvalue weighted by atomic mass is 19.4. The molecule has 1 aromatic carbocycles. The Hall–Kier alpha value is -2.67. The number of pyridine rings is 2. The lowest BCUT2D eigenvalue weighted by molar-refractivity contribution is -0.138. The van der Waals surface area contributed by atoms with Crippen LogP contribution in [0.4, 0.5) is 13.2 Å². The molecule has 0 unspecified atom stereocenters. The van der Waals surface area contributed by atoms with E-state index in [1.165, 1.54) is 0 Å². The molecule has 1 aliphatic heterocycles. The third-order valence-corrected chi connectivity index (χ3v) is 5.92. The van der Waals surface area contributed by atoms with Gasteiger partial charge in [-0.2, -0.15) is 13.2 Å². The first kappa shape index (κ1) is 21.6. The minimum absolute atomic E-state index is 0.0297. The standard InChI is InChI=1S/C24H26F3N3O/c1-15-12-16(2)22(21(31)13-15)20-8-6-17-5-7-19(28-23(17)29-20)18-4-3-10-30(14-18)11-9-24(25,26)27/h5-8,12-13,18,31H,3-4,9-11,14H2,1-2H3/t18-/m0/s1. The van der Waals surface area contributed by atoms with Crippen molar-refractivity contribution in [2.45, 2.75) is 45.2 Å². The van der Waals surface area contributed by atoms with E-state index in [0.29, 0.717) is 30.0 Å². The molecule has 0 saturated carbocycles. The number of nitrogens with zero attached hydrogens (tertiary/aromatic N) is 3. The number of phenolic OH excluding ortho intramolecular Hbond substituents is 1. The molecule has 1 fully saturated rings. The number of likely N-dealkylation sites (tertiary alicyclic amines) is 1. The average molecular weight is 429 g/mol. The Labute approximate surface area is 179 Å². The minimum Gasteiger partial charge on any atom is -0.507 e. The van der Waals surface area contributed by atoms with E-state index in [0.717, 1.165) is 35.0 Å². The zero-order valence-corrected chi connectivity index (χ0v) is 17.7. The van der Waals surface area contributed by atoms with Gasteiger partial charge in [-0.05, 0) is 74.7 Å². The molecule has 3 heterocycles. The molecular formula is C24H26F3N3O. The van der Waals surface area contributed by atoms with Crippen molar-refractivity contribution in [1.82, 2.24) is 14.9 Å². The Morgan fingerprint density at radius 3 is 2.61 bits per heavy atom. The first-order valence-corrected chi connectivity index (χ1v) is 10.6. The maximum absolute atomic E-state index is 12.6. The number of aryl methyl sites for hydroxylation is 2. The zero-order valence-electron chi connectivity index (χ0n) is 17.7. The fourth-order valence-corrected chi connectivity index (χ4v) is 4.44. The van der Waals surface area contributed by atoms with E-state index >= 15 is 0 Å². The van der Waals surface area contributed by atoms with Crippen LogP contribution in [0.1, 0.15) is 42.0 Å². The number of phenols is 1. The molecule has 4 nitrogen and oxygen atoms in total. The fraction of sp³-hybridized carbons (Fsp3) is 0.417. The number of hydrogen-bond donors (Lipinski definition) is 1. The van der Waals surface area contributed by atoms with E-state index < -0.39 is 12.6 Å². The molecule has 3 aromatic rings. The number of halogens is 3. The summed E-state index contributed by atoms with van der Waals surface area (Å²) in [6.45, 7) is 5.16. The van der Waals surface area contributed by atoms with Crippen LogP contribution in [0.3, 0.4) is 0 Å². The summed E-state index contributed by atoms with van der Waals surface area (Å²) < 4.78 is 37.8. The molecule has 0 radical (unpaired) electrons. The lowest BCUT2D eigenvalue weighted by Crippen LogP contribution is -2.36. The molecule has 1 aliphatic rings. The third-order valence-electron chi connectivity index (χ3n) is 5.92. The van der Waals surface area contributed by atoms with Crippen molar-refractivity contribution in [3.8, 4) is 17.0 Å². The molecule has 31 heavy (non-hydrogen) atoms. The van der Waals surface area contributed by atoms with Gasteiger partial charge in [-0.15, -0.1) is 0 Å². The number of hydrogen-bond acceptors (Lipinski definition) is 4. The quantitative estimate of drug-likeness (QED) is 0.574. The number of rotatable bonds is 4. The third kappa shape index (κ3) is 4.98. The lowest BCUT2D eigenvalue weighted by Gasteiger charge is -2.32. The molecule has 7 heteroatoms. The molecule has 1 N–H and O–H groups in total. The monoisotopic (exact) mass is 429 g/mol. The Morgan fingerprint density at radius 1 is 1.10 bits per heavy atom. The normalized spacial score (nSPS) is 17.9. The van der Waals surface area contributed by atoms with Crippen molar-refractivity contribution < 1.29 is 18.3 Å². The van der Waals surface area contributed by atoms with Gasteiger partial charge in [0.15, 0.2) is 5.65 Å². The number of benzene rings is 1. The van der Waals surface area contributed by atoms with Crippen molar-refractivity contribution in [2.75, 3.05) is 19.6 Å². The number of alkyl halides is 3. The SMILES string of the molecule is Cc1cc(C)c(-c2ccc3ccc([C@H]4CCCN(CCC(F)(F)F)C4)nc3n2)c(O)c1. The number of fused-ring (bicyclic) bond motifs is 1. The van der Waals surface area contributed by atoms with Crippen LogP contribution in [-0.2, 0) is 0 Å². The summed E-state index contributed by atoms with van der Waals surface area (Å²) in [7, 11) is 0. The predicted molar refractivity (Wildman–Crippen MR) is 115 cm³/mol. The van der Waals surface area contributed by atoms with Gasteiger partial charge in [0.2, 0.25) is 0 Å². The molecule has 1 saturated heterocycles. The Kier molecular flexibility index (Phi) is 5.88. The van der Waals surface area contributed by atoms with Crippen LogP contribution in [0.25, 0.3) is 22.3 Å². The van der Waals surface area contributed by atoms with Crippen LogP contribution >= 0.6 is 0 Å². The smallest absolute Gasteiger partial charge is 0.390 e. The summed E-state index contributed by atoms with van der Waals surface area (Å²) in [6, 6.07) is 11.4. The largest absolute Gasteiger partial charge is 0.507 e. The van der Waals surface area contributed by atoms with Gasteiger partial charge in [-0.25, -0.2) is 9.97 Å². The van der Waals surface area contributed by atoms with Gasteiger partial charge in [0.1, 0.15) is 5.75 Å². The highest BCUT2D eigenvalue weighted by molar-refractivity contribution is 5.81. The molecule has 1 atom stereocenters. The van der Waals surface area contributed by atoms with Crippen LogP contribution < -0.4 is 0 Å².